The van der Waals surface area contributed by atoms with E-state index >= 15 is 0 Å². The first-order valence-electron chi connectivity index (χ1n) is 10.8. The maximum Gasteiger partial charge on any atom is 0.328 e. The van der Waals surface area contributed by atoms with Crippen molar-refractivity contribution in [2.75, 3.05) is 0 Å². The molecule has 8 nitrogen and oxygen atoms in total. The molecule has 6 rings (SSSR count). The lowest BCUT2D eigenvalue weighted by molar-refractivity contribution is -0.170. The highest BCUT2D eigenvalue weighted by molar-refractivity contribution is 6.21. The summed E-state index contributed by atoms with van der Waals surface area (Å²) in [5, 5.41) is 8.99. The van der Waals surface area contributed by atoms with Gasteiger partial charge in [0.15, 0.2) is 0 Å². The molecule has 2 fully saturated rings. The molecule has 2 aromatic rings. The Balaban J connectivity index is 1.37. The number of benzene rings is 1. The van der Waals surface area contributed by atoms with Gasteiger partial charge >= 0.3 is 6.03 Å². The van der Waals surface area contributed by atoms with Crippen LogP contribution in [0.15, 0.2) is 53.8 Å². The van der Waals surface area contributed by atoms with E-state index in [1.165, 1.54) is 5.57 Å². The molecule has 1 spiro atoms. The average Bonchev–Trinajstić information content (AvgIpc) is 3.18. The van der Waals surface area contributed by atoms with Crippen molar-refractivity contribution < 1.29 is 19.1 Å². The van der Waals surface area contributed by atoms with Gasteiger partial charge in [-0.3, -0.25) is 20.2 Å². The van der Waals surface area contributed by atoms with Crippen molar-refractivity contribution >= 4 is 23.9 Å². The minimum Gasteiger partial charge on any atom is -0.348 e. The van der Waals surface area contributed by atoms with Crippen molar-refractivity contribution in [3.8, 4) is 5.69 Å². The lowest BCUT2D eigenvalue weighted by atomic mass is 9.60. The fourth-order valence-electron chi connectivity index (χ4n) is 5.57. The van der Waals surface area contributed by atoms with Gasteiger partial charge in [-0.05, 0) is 48.6 Å². The summed E-state index contributed by atoms with van der Waals surface area (Å²) in [5.74, 6) is -1.38. The molecule has 2 N–H and O–H groups in total. The van der Waals surface area contributed by atoms with E-state index < -0.39 is 23.4 Å². The summed E-state index contributed by atoms with van der Waals surface area (Å²) >= 11 is 0. The summed E-state index contributed by atoms with van der Waals surface area (Å²) in [7, 11) is 0. The zero-order valence-electron chi connectivity index (χ0n) is 17.6. The smallest absolute Gasteiger partial charge is 0.328 e. The van der Waals surface area contributed by atoms with Gasteiger partial charge in [0, 0.05) is 11.8 Å². The number of para-hydroxylation sites is 1. The summed E-state index contributed by atoms with van der Waals surface area (Å²) in [6.07, 6.45) is 8.10. The highest BCUT2D eigenvalue weighted by Crippen LogP contribution is 2.54. The first kappa shape index (κ1) is 19.2. The van der Waals surface area contributed by atoms with Crippen molar-refractivity contribution in [2.45, 2.75) is 44.3 Å². The average molecular weight is 430 g/mol. The molecular formula is C24H22N4O4. The quantitative estimate of drug-likeness (QED) is 0.534. The molecule has 0 radical (unpaired) electrons. The van der Waals surface area contributed by atoms with E-state index in [0.29, 0.717) is 6.42 Å². The monoisotopic (exact) mass is 430 g/mol. The summed E-state index contributed by atoms with van der Waals surface area (Å²) in [6, 6.07) is 9.26. The van der Waals surface area contributed by atoms with Crippen LogP contribution in [0.3, 0.4) is 0 Å². The Bertz CT molecular complexity index is 1220. The number of hydrogen-bond donors (Lipinski definition) is 2. The first-order chi connectivity index (χ1) is 15.4. The van der Waals surface area contributed by atoms with Crippen LogP contribution in [-0.2, 0) is 20.7 Å². The Morgan fingerprint density at radius 2 is 1.88 bits per heavy atom. The van der Waals surface area contributed by atoms with E-state index in [-0.39, 0.29) is 17.9 Å². The van der Waals surface area contributed by atoms with E-state index in [1.807, 2.05) is 47.3 Å². The van der Waals surface area contributed by atoms with E-state index in [1.54, 1.807) is 0 Å². The molecule has 1 aromatic carbocycles. The van der Waals surface area contributed by atoms with Crippen molar-refractivity contribution in [2.24, 2.45) is 5.41 Å². The Hall–Kier alpha value is -3.52. The lowest BCUT2D eigenvalue weighted by Crippen LogP contribution is -2.69. The second-order valence-electron chi connectivity index (χ2n) is 9.05. The van der Waals surface area contributed by atoms with Crippen LogP contribution >= 0.6 is 0 Å². The van der Waals surface area contributed by atoms with Gasteiger partial charge < -0.3 is 4.74 Å². The highest BCUT2D eigenvalue weighted by Gasteiger charge is 2.57. The Morgan fingerprint density at radius 3 is 2.62 bits per heavy atom. The van der Waals surface area contributed by atoms with Crippen LogP contribution in [0.5, 0.6) is 0 Å². The highest BCUT2D eigenvalue weighted by atomic mass is 16.5. The van der Waals surface area contributed by atoms with Gasteiger partial charge in [0.25, 0.3) is 11.8 Å². The zero-order chi connectivity index (χ0) is 22.1. The Morgan fingerprint density at radius 1 is 1.12 bits per heavy atom. The van der Waals surface area contributed by atoms with Crippen molar-refractivity contribution in [3.05, 3.63) is 65.0 Å². The number of carbonyl (C=O) groups is 3. The van der Waals surface area contributed by atoms with E-state index in [0.717, 1.165) is 35.4 Å². The lowest BCUT2D eigenvalue weighted by Gasteiger charge is -2.50. The van der Waals surface area contributed by atoms with E-state index in [2.05, 4.69) is 28.7 Å². The molecule has 3 heterocycles. The number of rotatable bonds is 1. The van der Waals surface area contributed by atoms with Crippen molar-refractivity contribution in [1.29, 1.82) is 0 Å². The minimum atomic E-state index is -1.68. The number of hydrogen-bond acceptors (Lipinski definition) is 5. The second-order valence-corrected chi connectivity index (χ2v) is 9.05. The molecule has 162 valence electrons. The number of urea groups is 1. The van der Waals surface area contributed by atoms with Crippen LogP contribution in [0.4, 0.5) is 4.79 Å². The molecule has 0 unspecified atom stereocenters. The summed E-state index contributed by atoms with van der Waals surface area (Å²) < 4.78 is 8.15. The number of carbonyl (C=O) groups excluding carboxylic acids is 3. The molecular weight excluding hydrogens is 408 g/mol. The van der Waals surface area contributed by atoms with Gasteiger partial charge in [-0.25, -0.2) is 9.48 Å². The predicted octanol–water partition coefficient (Wildman–Crippen LogP) is 2.43. The predicted molar refractivity (Wildman–Crippen MR) is 115 cm³/mol. The topological polar surface area (TPSA) is 102 Å². The first-order valence-corrected chi connectivity index (χ1v) is 10.8. The van der Waals surface area contributed by atoms with Gasteiger partial charge in [0.2, 0.25) is 5.60 Å². The molecule has 32 heavy (non-hydrogen) atoms. The van der Waals surface area contributed by atoms with Crippen LogP contribution < -0.4 is 10.6 Å². The Labute approximate surface area is 184 Å². The molecule has 4 aliphatic rings. The van der Waals surface area contributed by atoms with E-state index in [9.17, 15) is 14.4 Å². The third-order valence-corrected chi connectivity index (χ3v) is 7.25. The molecule has 0 bridgehead atoms. The van der Waals surface area contributed by atoms with Gasteiger partial charge in [0.1, 0.15) is 0 Å². The molecule has 2 aliphatic carbocycles. The fraction of sp³-hybridized carbons (Fsp3) is 0.333. The number of allylic oxidation sites excluding steroid dienone is 1. The number of nitrogens with zero attached hydrogens (tertiary/aromatic N) is 2. The third-order valence-electron chi connectivity index (χ3n) is 7.25. The van der Waals surface area contributed by atoms with Gasteiger partial charge in [-0.2, -0.15) is 5.10 Å². The van der Waals surface area contributed by atoms with Crippen molar-refractivity contribution in [3.63, 3.8) is 0 Å². The molecule has 1 saturated carbocycles. The van der Waals surface area contributed by atoms with Gasteiger partial charge in [-0.15, -0.1) is 0 Å². The largest absolute Gasteiger partial charge is 0.348 e. The molecule has 2 atom stereocenters. The standard InChI is InChI=1S/C24H22N4O4/c1-23-12-14-13-25-28(16-5-3-2-4-6-16)18(14)11-15(23)7-8-19-17(23)9-10-24(32-19)20(29)26-22(31)27-21(24)30/h2-6,9,11,13,19H,7-8,10,12H2,1H3,(H2,26,27,29,30,31)/t19-,23-/m0/s1. The summed E-state index contributed by atoms with van der Waals surface area (Å²) in [6.45, 7) is 2.20. The molecule has 1 aromatic heterocycles. The number of amides is 4. The summed E-state index contributed by atoms with van der Waals surface area (Å²) in [5.41, 5.74) is 3.72. The second kappa shape index (κ2) is 6.49. The molecule has 4 amide bonds. The van der Waals surface area contributed by atoms with Crippen LogP contribution in [0.2, 0.25) is 0 Å². The number of imide groups is 2. The maximum absolute atomic E-state index is 12.6. The molecule has 1 saturated heterocycles. The van der Waals surface area contributed by atoms with E-state index in [4.69, 9.17) is 4.74 Å². The SMILES string of the molecule is C[C@]12Cc3cnn(-c4ccccc4)c3C=C1CC[C@@H]1OC3(CC=C12)C(=O)NC(=O)NC3=O. The number of ether oxygens (including phenoxy) is 1. The normalized spacial score (nSPS) is 28.0. The Kier molecular flexibility index (Phi) is 3.89. The number of barbiturate groups is 1. The number of fused-ring (bicyclic) bond motifs is 4. The van der Waals surface area contributed by atoms with Crippen LogP contribution in [0.25, 0.3) is 11.8 Å². The summed E-state index contributed by atoms with van der Waals surface area (Å²) in [4.78, 5) is 36.6. The van der Waals surface area contributed by atoms with Gasteiger partial charge in [-0.1, -0.05) is 36.8 Å². The zero-order valence-corrected chi connectivity index (χ0v) is 17.6. The van der Waals surface area contributed by atoms with Crippen LogP contribution in [-0.4, -0.2) is 39.3 Å². The van der Waals surface area contributed by atoms with Gasteiger partial charge in [0.05, 0.1) is 23.7 Å². The van der Waals surface area contributed by atoms with Crippen molar-refractivity contribution in [1.82, 2.24) is 20.4 Å². The molecule has 2 aliphatic heterocycles. The minimum absolute atomic E-state index is 0.1000. The van der Waals surface area contributed by atoms with Crippen LogP contribution in [0.1, 0.15) is 37.4 Å². The number of nitrogens with one attached hydrogen (secondary N) is 2. The maximum atomic E-state index is 12.6. The fourth-order valence-corrected chi connectivity index (χ4v) is 5.57. The number of aromatic nitrogens is 2. The van der Waals surface area contributed by atoms with Crippen LogP contribution in [0, 0.1) is 5.41 Å². The molecule has 8 heteroatoms. The third kappa shape index (κ3) is 2.53.